The molecule has 0 aliphatic carbocycles. The number of halogens is 3. The van der Waals surface area contributed by atoms with Gasteiger partial charge >= 0.3 is 5.51 Å². The molecule has 0 amide bonds. The van der Waals surface area contributed by atoms with Gasteiger partial charge in [0.1, 0.15) is 11.3 Å². The van der Waals surface area contributed by atoms with E-state index in [0.717, 1.165) is 5.39 Å². The van der Waals surface area contributed by atoms with Crippen molar-refractivity contribution < 1.29 is 22.4 Å². The Balaban J connectivity index is 1.75. The molecule has 2 heterocycles. The molecule has 0 aliphatic rings. The number of carbonyl (C=O) groups excluding carboxylic acids is 1. The number of aromatic nitrogens is 1. The molecule has 0 N–H and O–H groups in total. The summed E-state index contributed by atoms with van der Waals surface area (Å²) in [7, 11) is 0. The molecule has 1 aromatic carbocycles. The van der Waals surface area contributed by atoms with Crippen LogP contribution in [0.3, 0.4) is 0 Å². The molecule has 8 heteroatoms. The summed E-state index contributed by atoms with van der Waals surface area (Å²) in [6.07, 6.45) is 1.95. The molecule has 0 saturated carbocycles. The molecule has 1 atom stereocenters. The van der Waals surface area contributed by atoms with Gasteiger partial charge in [0, 0.05) is 35.1 Å². The minimum absolute atomic E-state index is 0.0888. The Bertz CT molecular complexity index is 810. The second-order valence-corrected chi connectivity index (χ2v) is 7.42. The third-order valence-electron chi connectivity index (χ3n) is 3.69. The Morgan fingerprint density at radius 2 is 2.12 bits per heavy atom. The van der Waals surface area contributed by atoms with Gasteiger partial charge in [-0.05, 0) is 18.6 Å². The predicted molar refractivity (Wildman–Crippen MR) is 93.1 cm³/mol. The number of thioether (sulfide) groups is 1. The number of alkyl halides is 3. The van der Waals surface area contributed by atoms with E-state index in [1.807, 2.05) is 12.1 Å². The highest BCUT2D eigenvalue weighted by molar-refractivity contribution is 8.00. The van der Waals surface area contributed by atoms with Crippen LogP contribution >= 0.6 is 23.1 Å². The van der Waals surface area contributed by atoms with Crippen LogP contribution in [-0.4, -0.2) is 22.0 Å². The van der Waals surface area contributed by atoms with E-state index in [4.69, 9.17) is 4.42 Å². The van der Waals surface area contributed by atoms with Crippen LogP contribution in [0.1, 0.15) is 34.3 Å². The minimum Gasteiger partial charge on any atom is -0.461 e. The molecular formula is C17H14F3NO2S2. The smallest absolute Gasteiger partial charge is 0.441 e. The molecule has 0 aliphatic heterocycles. The number of para-hydroxylation sites is 1. The van der Waals surface area contributed by atoms with Crippen LogP contribution in [0.15, 0.2) is 46.3 Å². The number of thiazole rings is 1. The summed E-state index contributed by atoms with van der Waals surface area (Å²) in [6.45, 7) is 0. The summed E-state index contributed by atoms with van der Waals surface area (Å²) in [5.41, 5.74) is -3.69. The second-order valence-electron chi connectivity index (χ2n) is 5.44. The topological polar surface area (TPSA) is 43.1 Å². The zero-order valence-corrected chi connectivity index (χ0v) is 14.6. The predicted octanol–water partition coefficient (Wildman–Crippen LogP) is 5.89. The monoisotopic (exact) mass is 385 g/mol. The molecule has 1 unspecified atom stereocenters. The molecule has 132 valence electrons. The zero-order valence-electron chi connectivity index (χ0n) is 13.0. The molecule has 0 spiro atoms. The van der Waals surface area contributed by atoms with E-state index < -0.39 is 11.4 Å². The van der Waals surface area contributed by atoms with E-state index >= 15 is 0 Å². The van der Waals surface area contributed by atoms with Gasteiger partial charge in [-0.1, -0.05) is 30.0 Å². The Labute approximate surface area is 150 Å². The SMILES string of the molecule is O=C(CCC(CSC(F)(F)F)c1cc2ccccc2o1)c1nccs1. The van der Waals surface area contributed by atoms with Crippen molar-refractivity contribution in [1.82, 2.24) is 4.98 Å². The number of benzene rings is 1. The maximum atomic E-state index is 12.6. The second kappa shape index (κ2) is 7.61. The first-order valence-corrected chi connectivity index (χ1v) is 9.41. The molecule has 0 fully saturated rings. The van der Waals surface area contributed by atoms with Crippen molar-refractivity contribution >= 4 is 39.9 Å². The van der Waals surface area contributed by atoms with Gasteiger partial charge in [-0.2, -0.15) is 13.2 Å². The van der Waals surface area contributed by atoms with E-state index in [-0.39, 0.29) is 36.1 Å². The highest BCUT2D eigenvalue weighted by Gasteiger charge is 2.31. The summed E-state index contributed by atoms with van der Waals surface area (Å²) < 4.78 is 43.6. The van der Waals surface area contributed by atoms with E-state index in [1.165, 1.54) is 17.5 Å². The first-order chi connectivity index (χ1) is 11.9. The Morgan fingerprint density at radius 3 is 2.80 bits per heavy atom. The van der Waals surface area contributed by atoms with E-state index in [1.54, 1.807) is 23.6 Å². The summed E-state index contributed by atoms with van der Waals surface area (Å²) >= 11 is 1.14. The van der Waals surface area contributed by atoms with Crippen LogP contribution in [0.4, 0.5) is 13.2 Å². The number of hydrogen-bond acceptors (Lipinski definition) is 5. The van der Waals surface area contributed by atoms with Crippen molar-refractivity contribution in [2.24, 2.45) is 0 Å². The maximum absolute atomic E-state index is 12.6. The highest BCUT2D eigenvalue weighted by atomic mass is 32.2. The average Bonchev–Trinajstić information content (AvgIpc) is 3.23. The lowest BCUT2D eigenvalue weighted by Crippen LogP contribution is -2.10. The summed E-state index contributed by atoms with van der Waals surface area (Å²) in [5.74, 6) is -0.366. The Hall–Kier alpha value is -1.80. The fraction of sp³-hybridized carbons (Fsp3) is 0.294. The number of ketones is 1. The van der Waals surface area contributed by atoms with Gasteiger partial charge < -0.3 is 4.42 Å². The normalized spacial score (nSPS) is 13.2. The largest absolute Gasteiger partial charge is 0.461 e. The van der Waals surface area contributed by atoms with Gasteiger partial charge in [-0.3, -0.25) is 4.79 Å². The van der Waals surface area contributed by atoms with Crippen molar-refractivity contribution in [3.8, 4) is 0 Å². The van der Waals surface area contributed by atoms with Crippen LogP contribution < -0.4 is 0 Å². The first-order valence-electron chi connectivity index (χ1n) is 7.54. The lowest BCUT2D eigenvalue weighted by molar-refractivity contribution is -0.0328. The molecular weight excluding hydrogens is 371 g/mol. The number of Topliss-reactive ketones (excluding diaryl/α,β-unsaturated/α-hetero) is 1. The summed E-state index contributed by atoms with van der Waals surface area (Å²) in [6, 6.07) is 9.02. The summed E-state index contributed by atoms with van der Waals surface area (Å²) in [5, 5.41) is 2.92. The van der Waals surface area contributed by atoms with Crippen molar-refractivity contribution in [3.05, 3.63) is 52.7 Å². The molecule has 2 aromatic heterocycles. The summed E-state index contributed by atoms with van der Waals surface area (Å²) in [4.78, 5) is 16.1. The van der Waals surface area contributed by atoms with Crippen molar-refractivity contribution in [3.63, 3.8) is 0 Å². The minimum atomic E-state index is -4.32. The van der Waals surface area contributed by atoms with E-state index in [2.05, 4.69) is 4.98 Å². The third kappa shape index (κ3) is 4.85. The molecule has 3 aromatic rings. The Morgan fingerprint density at radius 1 is 1.32 bits per heavy atom. The quantitative estimate of drug-likeness (QED) is 0.476. The molecule has 0 bridgehead atoms. The highest BCUT2D eigenvalue weighted by Crippen LogP contribution is 2.37. The molecule has 0 radical (unpaired) electrons. The fourth-order valence-corrected chi connectivity index (χ4v) is 3.81. The molecule has 0 saturated heterocycles. The van der Waals surface area contributed by atoms with Gasteiger partial charge in [0.2, 0.25) is 0 Å². The van der Waals surface area contributed by atoms with Crippen LogP contribution in [0.5, 0.6) is 0 Å². The van der Waals surface area contributed by atoms with Crippen LogP contribution in [0.25, 0.3) is 11.0 Å². The van der Waals surface area contributed by atoms with Crippen molar-refractivity contribution in [1.29, 1.82) is 0 Å². The van der Waals surface area contributed by atoms with Crippen LogP contribution in [0, 0.1) is 0 Å². The number of rotatable bonds is 7. The fourth-order valence-electron chi connectivity index (χ4n) is 2.48. The maximum Gasteiger partial charge on any atom is 0.441 e. The molecule has 3 rings (SSSR count). The molecule has 25 heavy (non-hydrogen) atoms. The van der Waals surface area contributed by atoms with Crippen molar-refractivity contribution in [2.75, 3.05) is 5.75 Å². The van der Waals surface area contributed by atoms with E-state index in [0.29, 0.717) is 16.4 Å². The van der Waals surface area contributed by atoms with Crippen molar-refractivity contribution in [2.45, 2.75) is 24.3 Å². The Kier molecular flexibility index (Phi) is 5.48. The lowest BCUT2D eigenvalue weighted by Gasteiger charge is -2.14. The third-order valence-corrected chi connectivity index (χ3v) is 5.40. The number of carbonyl (C=O) groups is 1. The average molecular weight is 385 g/mol. The van der Waals surface area contributed by atoms with Gasteiger partial charge in [-0.15, -0.1) is 11.3 Å². The van der Waals surface area contributed by atoms with Gasteiger partial charge in [0.15, 0.2) is 10.8 Å². The zero-order chi connectivity index (χ0) is 17.9. The lowest BCUT2D eigenvalue weighted by atomic mass is 10.0. The van der Waals surface area contributed by atoms with Gasteiger partial charge in [-0.25, -0.2) is 4.98 Å². The van der Waals surface area contributed by atoms with E-state index in [9.17, 15) is 18.0 Å². The molecule has 3 nitrogen and oxygen atoms in total. The van der Waals surface area contributed by atoms with Crippen LogP contribution in [0.2, 0.25) is 0 Å². The number of hydrogen-bond donors (Lipinski definition) is 0. The number of furan rings is 1. The van der Waals surface area contributed by atoms with Gasteiger partial charge in [0.25, 0.3) is 0 Å². The van der Waals surface area contributed by atoms with Crippen LogP contribution in [-0.2, 0) is 0 Å². The number of fused-ring (bicyclic) bond motifs is 1. The van der Waals surface area contributed by atoms with Gasteiger partial charge in [0.05, 0.1) is 0 Å². The number of nitrogens with zero attached hydrogens (tertiary/aromatic N) is 1. The standard InChI is InChI=1S/C17H14F3NO2S2/c18-17(19,20)25-10-12(5-6-13(22)16-21-7-8-24-16)15-9-11-3-1-2-4-14(11)23-15/h1-4,7-9,12H,5-6,10H2. The first kappa shape index (κ1) is 18.0.